The van der Waals surface area contributed by atoms with Crippen LogP contribution in [-0.4, -0.2) is 97.4 Å². The molecule has 46 heavy (non-hydrogen) atoms. The van der Waals surface area contributed by atoms with Crippen LogP contribution in [0.5, 0.6) is 6.01 Å². The first-order chi connectivity index (χ1) is 22.3. The van der Waals surface area contributed by atoms with Gasteiger partial charge >= 0.3 is 6.01 Å². The summed E-state index contributed by atoms with van der Waals surface area (Å²) in [6.45, 7) is 7.87. The van der Waals surface area contributed by atoms with Crippen LogP contribution in [0.4, 0.5) is 15.9 Å². The van der Waals surface area contributed by atoms with E-state index in [4.69, 9.17) is 31.0 Å². The minimum atomic E-state index is -1.03. The number of halogens is 2. The summed E-state index contributed by atoms with van der Waals surface area (Å²) in [7, 11) is 2.11. The fourth-order valence-electron chi connectivity index (χ4n) is 7.51. The van der Waals surface area contributed by atoms with Gasteiger partial charge in [-0.25, -0.2) is 4.39 Å². The highest BCUT2D eigenvalue weighted by molar-refractivity contribution is 6.36. The van der Waals surface area contributed by atoms with Gasteiger partial charge in [-0.1, -0.05) is 42.4 Å². The van der Waals surface area contributed by atoms with Crippen molar-refractivity contribution in [2.75, 3.05) is 69.4 Å². The molecule has 2 atom stereocenters. The molecule has 0 N–H and O–H groups in total. The van der Waals surface area contributed by atoms with Crippen molar-refractivity contribution in [1.29, 1.82) is 5.26 Å². The first kappa shape index (κ1) is 30.7. The summed E-state index contributed by atoms with van der Waals surface area (Å²) >= 11 is 6.77. The number of likely N-dealkylation sites (N-methyl/N-ethyl adjacent to an activating group) is 1. The van der Waals surface area contributed by atoms with Gasteiger partial charge in [-0.05, 0) is 44.0 Å². The van der Waals surface area contributed by atoms with Crippen molar-refractivity contribution in [2.24, 2.45) is 0 Å². The van der Waals surface area contributed by atoms with Gasteiger partial charge in [0.25, 0.3) is 5.91 Å². The maximum Gasteiger partial charge on any atom is 0.318 e. The van der Waals surface area contributed by atoms with Crippen LogP contribution < -0.4 is 14.5 Å². The Bertz CT molecular complexity index is 1720. The Morgan fingerprint density at radius 1 is 1.17 bits per heavy atom. The predicted molar refractivity (Wildman–Crippen MR) is 174 cm³/mol. The van der Waals surface area contributed by atoms with Crippen LogP contribution in [0.2, 0.25) is 5.02 Å². The smallest absolute Gasteiger partial charge is 0.318 e. The summed E-state index contributed by atoms with van der Waals surface area (Å²) in [4.78, 5) is 30.9. The number of fused-ring (bicyclic) bond motifs is 3. The molecule has 4 aliphatic rings. The zero-order chi connectivity index (χ0) is 32.0. The minimum absolute atomic E-state index is 0.0596. The first-order valence-corrected chi connectivity index (χ1v) is 16.2. The summed E-state index contributed by atoms with van der Waals surface area (Å²) in [5, 5.41) is 12.4. The van der Waals surface area contributed by atoms with Crippen LogP contribution in [0.3, 0.4) is 0 Å². The van der Waals surface area contributed by atoms with Crippen molar-refractivity contribution in [1.82, 2.24) is 19.8 Å². The van der Waals surface area contributed by atoms with E-state index in [-0.39, 0.29) is 24.4 Å². The zero-order valence-electron chi connectivity index (χ0n) is 25.9. The van der Waals surface area contributed by atoms with E-state index in [9.17, 15) is 14.4 Å². The third kappa shape index (κ3) is 5.42. The largest absolute Gasteiger partial charge is 0.462 e. The number of nitriles is 1. The number of likely N-dealkylation sites (tertiary alicyclic amines) is 1. The number of nitrogens with zero attached hydrogens (tertiary/aromatic N) is 7. The molecule has 10 nitrogen and oxygen atoms in total. The van der Waals surface area contributed by atoms with Gasteiger partial charge in [0, 0.05) is 48.9 Å². The van der Waals surface area contributed by atoms with Gasteiger partial charge in [0.15, 0.2) is 5.83 Å². The van der Waals surface area contributed by atoms with E-state index < -0.39 is 17.8 Å². The van der Waals surface area contributed by atoms with Gasteiger partial charge in [0.05, 0.1) is 54.4 Å². The highest BCUT2D eigenvalue weighted by atomic mass is 35.5. The number of piperazine rings is 1. The lowest BCUT2D eigenvalue weighted by Crippen LogP contribution is -2.60. The molecule has 12 heteroatoms. The average Bonchev–Trinajstić information content (AvgIpc) is 3.46. The van der Waals surface area contributed by atoms with Crippen molar-refractivity contribution in [2.45, 2.75) is 43.3 Å². The second-order valence-electron chi connectivity index (χ2n) is 12.8. The first-order valence-electron chi connectivity index (χ1n) is 15.8. The van der Waals surface area contributed by atoms with Gasteiger partial charge in [0.2, 0.25) is 0 Å². The fourth-order valence-corrected chi connectivity index (χ4v) is 7.79. The summed E-state index contributed by atoms with van der Waals surface area (Å²) in [5.74, 6) is -1.07. The molecule has 240 valence electrons. The quantitative estimate of drug-likeness (QED) is 0.345. The number of rotatable bonds is 7. The van der Waals surface area contributed by atoms with Crippen LogP contribution in [0, 0.1) is 11.3 Å². The van der Waals surface area contributed by atoms with Crippen LogP contribution in [0.25, 0.3) is 10.8 Å². The second kappa shape index (κ2) is 12.3. The van der Waals surface area contributed by atoms with Gasteiger partial charge in [-0.15, -0.1) is 0 Å². The lowest BCUT2D eigenvalue weighted by atomic mass is 9.74. The summed E-state index contributed by atoms with van der Waals surface area (Å²) in [6, 6.07) is 14.4. The summed E-state index contributed by atoms with van der Waals surface area (Å²) in [6.07, 6.45) is 2.24. The van der Waals surface area contributed by atoms with E-state index in [1.807, 2.05) is 18.2 Å². The van der Waals surface area contributed by atoms with Gasteiger partial charge in [-0.3, -0.25) is 4.79 Å². The summed E-state index contributed by atoms with van der Waals surface area (Å²) < 4.78 is 26.2. The zero-order valence-corrected chi connectivity index (χ0v) is 26.7. The monoisotopic (exact) mass is 645 g/mol. The van der Waals surface area contributed by atoms with Gasteiger partial charge in [-0.2, -0.15) is 15.2 Å². The van der Waals surface area contributed by atoms with E-state index in [0.717, 1.165) is 52.9 Å². The molecule has 0 saturated carbocycles. The molecule has 1 amide bonds. The number of anilines is 2. The van der Waals surface area contributed by atoms with Crippen LogP contribution in [0.1, 0.15) is 30.5 Å². The van der Waals surface area contributed by atoms with Crippen molar-refractivity contribution >= 4 is 39.8 Å². The minimum Gasteiger partial charge on any atom is -0.462 e. The molecule has 5 heterocycles. The molecule has 3 saturated heterocycles. The van der Waals surface area contributed by atoms with E-state index in [1.54, 1.807) is 0 Å². The number of ether oxygens (including phenoxy) is 2. The number of hydrogen-bond donors (Lipinski definition) is 0. The van der Waals surface area contributed by atoms with Crippen LogP contribution in [-0.2, 0) is 21.5 Å². The molecule has 1 aromatic heterocycles. The number of hydrogen-bond acceptors (Lipinski definition) is 9. The second-order valence-corrected chi connectivity index (χ2v) is 13.3. The normalized spacial score (nSPS) is 22.4. The predicted octanol–water partition coefficient (Wildman–Crippen LogP) is 4.46. The number of carbonyl (C=O) groups excluding carboxylic acids is 1. The Kier molecular flexibility index (Phi) is 8.21. The standard InChI is InChI=1S/C34H37ClFN7O3/c1-22(36)32(44)43-15-14-41(16-24(43)11-12-37)31-30-27(38-33(39-31)46-18-25-8-5-13-40(25)2)17-42(19-34(30)20-45-21-34)28-10-4-7-23-6-3-9-26(35)29(23)28/h3-4,6-7,9-10,24-25H,1,5,8,11,13-21H2,2H3/t24-,25-/m0/s1. The average molecular weight is 646 g/mol. The third-order valence-corrected chi connectivity index (χ3v) is 10.2. The Morgan fingerprint density at radius 2 is 1.98 bits per heavy atom. The van der Waals surface area contributed by atoms with Crippen molar-refractivity contribution in [3.05, 3.63) is 65.1 Å². The van der Waals surface area contributed by atoms with Crippen molar-refractivity contribution < 1.29 is 18.7 Å². The molecular formula is C34H37ClFN7O3. The molecule has 4 aliphatic heterocycles. The van der Waals surface area contributed by atoms with Crippen molar-refractivity contribution in [3.63, 3.8) is 0 Å². The Balaban J connectivity index is 1.30. The van der Waals surface area contributed by atoms with Gasteiger partial charge < -0.3 is 29.1 Å². The molecule has 0 aliphatic carbocycles. The number of carbonyl (C=O) groups is 1. The molecule has 3 aromatic rings. The molecular weight excluding hydrogens is 609 g/mol. The van der Waals surface area contributed by atoms with E-state index >= 15 is 0 Å². The van der Waals surface area contributed by atoms with Gasteiger partial charge in [0.1, 0.15) is 12.4 Å². The van der Waals surface area contributed by atoms with E-state index in [2.05, 4.69) is 52.6 Å². The SMILES string of the molecule is C=C(F)C(=O)N1CCN(c2nc(OC[C@@H]3CCCN3C)nc3c2C2(COC2)CN(c2cccc4cccc(Cl)c24)C3)C[C@@H]1CC#N. The van der Waals surface area contributed by atoms with Crippen LogP contribution >= 0.6 is 11.6 Å². The molecule has 1 spiro atoms. The molecule has 7 rings (SSSR count). The number of benzene rings is 2. The molecule has 0 unspecified atom stereocenters. The molecule has 2 aromatic carbocycles. The lowest BCUT2D eigenvalue weighted by Gasteiger charge is -2.51. The fraction of sp³-hybridized carbons (Fsp3) is 0.471. The lowest BCUT2D eigenvalue weighted by molar-refractivity contribution is -0.131. The molecule has 0 radical (unpaired) electrons. The van der Waals surface area contributed by atoms with E-state index in [1.165, 1.54) is 4.90 Å². The van der Waals surface area contributed by atoms with Crippen molar-refractivity contribution in [3.8, 4) is 12.1 Å². The number of amides is 1. The topological polar surface area (TPSA) is 98.1 Å². The molecule has 0 bridgehead atoms. The Morgan fingerprint density at radius 3 is 2.67 bits per heavy atom. The van der Waals surface area contributed by atoms with Crippen LogP contribution in [0.15, 0.2) is 48.8 Å². The highest BCUT2D eigenvalue weighted by Crippen LogP contribution is 2.47. The maximum absolute atomic E-state index is 13.9. The summed E-state index contributed by atoms with van der Waals surface area (Å²) in [5.41, 5.74) is 2.51. The number of aromatic nitrogens is 2. The Hall–Kier alpha value is -3.98. The third-order valence-electron chi connectivity index (χ3n) is 9.92. The Labute approximate surface area is 272 Å². The molecule has 3 fully saturated rings. The highest BCUT2D eigenvalue weighted by Gasteiger charge is 2.50. The van der Waals surface area contributed by atoms with E-state index in [0.29, 0.717) is 57.0 Å². The maximum atomic E-state index is 13.9.